The van der Waals surface area contributed by atoms with Crippen molar-refractivity contribution in [3.05, 3.63) is 0 Å². The number of Topliss-reactive ketones (excluding diaryl/α,β-unsaturated/α-hetero) is 2. The van der Waals surface area contributed by atoms with E-state index >= 15 is 0 Å². The largest absolute Gasteiger partial charge is 0.465 e. The summed E-state index contributed by atoms with van der Waals surface area (Å²) in [6, 6.07) is 0. The molecule has 0 aromatic rings. The van der Waals surface area contributed by atoms with E-state index in [9.17, 15) is 19.2 Å². The van der Waals surface area contributed by atoms with Crippen LogP contribution in [0.5, 0.6) is 0 Å². The molecule has 1 heterocycles. The molecule has 1 aliphatic rings. The monoisotopic (exact) mass is 369 g/mol. The molecule has 2 atom stereocenters. The van der Waals surface area contributed by atoms with Gasteiger partial charge in [0.25, 0.3) is 5.91 Å². The number of nitrogens with one attached hydrogen (secondary N) is 1. The van der Waals surface area contributed by atoms with E-state index in [-0.39, 0.29) is 49.7 Å². The van der Waals surface area contributed by atoms with Crippen LogP contribution in [0.1, 0.15) is 47.5 Å². The Morgan fingerprint density at radius 2 is 1.92 bits per heavy atom. The Balaban J connectivity index is 2.70. The molecule has 1 saturated heterocycles. The van der Waals surface area contributed by atoms with E-state index in [0.29, 0.717) is 6.61 Å². The van der Waals surface area contributed by atoms with Gasteiger partial charge in [-0.1, -0.05) is 34.6 Å². The highest BCUT2D eigenvalue weighted by atomic mass is 16.5. The summed E-state index contributed by atoms with van der Waals surface area (Å²) in [5, 5.41) is 2.45. The van der Waals surface area contributed by atoms with Crippen LogP contribution in [0.25, 0.3) is 0 Å². The molecule has 1 rings (SSSR count). The Hall–Kier alpha value is -1.76. The van der Waals surface area contributed by atoms with Gasteiger partial charge in [0, 0.05) is 18.9 Å². The zero-order chi connectivity index (χ0) is 19.9. The number of ether oxygens (including phenoxy) is 2. The molecule has 0 radical (unpaired) electrons. The van der Waals surface area contributed by atoms with Crippen molar-refractivity contribution in [2.75, 3.05) is 26.4 Å². The molecule has 7 nitrogen and oxygen atoms in total. The SMILES string of the molecule is CC(C)C(CC(=O)OCC(C)(C)C)C(=O)CC1COCCNC(=O)C1=O. The topological polar surface area (TPSA) is 98.8 Å². The predicted octanol–water partition coefficient (Wildman–Crippen LogP) is 1.53. The predicted molar refractivity (Wildman–Crippen MR) is 95.3 cm³/mol. The molecule has 0 aliphatic carbocycles. The maximum Gasteiger partial charge on any atom is 0.306 e. The second-order valence-corrected chi connectivity index (χ2v) is 8.34. The van der Waals surface area contributed by atoms with Gasteiger partial charge in [0.05, 0.1) is 32.2 Å². The smallest absolute Gasteiger partial charge is 0.306 e. The summed E-state index contributed by atoms with van der Waals surface area (Å²) in [6.07, 6.45) is -0.137. The lowest BCUT2D eigenvalue weighted by atomic mass is 9.83. The van der Waals surface area contributed by atoms with Crippen molar-refractivity contribution in [1.82, 2.24) is 5.32 Å². The van der Waals surface area contributed by atoms with Gasteiger partial charge < -0.3 is 14.8 Å². The Morgan fingerprint density at radius 1 is 1.27 bits per heavy atom. The number of carbonyl (C=O) groups is 4. The lowest BCUT2D eigenvalue weighted by molar-refractivity contribution is -0.150. The average Bonchev–Trinajstić information content (AvgIpc) is 2.53. The van der Waals surface area contributed by atoms with Gasteiger partial charge in [-0.3, -0.25) is 19.2 Å². The van der Waals surface area contributed by atoms with Crippen LogP contribution in [0.3, 0.4) is 0 Å². The summed E-state index contributed by atoms with van der Waals surface area (Å²) in [7, 11) is 0. The molecule has 0 spiro atoms. The van der Waals surface area contributed by atoms with Gasteiger partial charge in [0.2, 0.25) is 5.78 Å². The van der Waals surface area contributed by atoms with E-state index < -0.39 is 29.5 Å². The minimum atomic E-state index is -0.811. The van der Waals surface area contributed by atoms with Crippen LogP contribution in [0.4, 0.5) is 0 Å². The lowest BCUT2D eigenvalue weighted by Crippen LogP contribution is -2.42. The Labute approximate surface area is 155 Å². The molecule has 1 N–H and O–H groups in total. The van der Waals surface area contributed by atoms with Gasteiger partial charge in [-0.15, -0.1) is 0 Å². The van der Waals surface area contributed by atoms with E-state index in [0.717, 1.165) is 0 Å². The first-order valence-electron chi connectivity index (χ1n) is 9.09. The summed E-state index contributed by atoms with van der Waals surface area (Å²) < 4.78 is 10.6. The molecule has 7 heteroatoms. The number of amides is 1. The molecule has 0 aromatic heterocycles. The molecule has 1 aliphatic heterocycles. The first-order valence-corrected chi connectivity index (χ1v) is 9.09. The van der Waals surface area contributed by atoms with Crippen molar-refractivity contribution in [2.45, 2.75) is 47.5 Å². The molecular formula is C19H31NO6. The Bertz CT molecular complexity index is 535. The zero-order valence-corrected chi connectivity index (χ0v) is 16.4. The van der Waals surface area contributed by atoms with Gasteiger partial charge in [0.15, 0.2) is 0 Å². The van der Waals surface area contributed by atoms with Crippen molar-refractivity contribution in [1.29, 1.82) is 0 Å². The Morgan fingerprint density at radius 3 is 2.50 bits per heavy atom. The molecule has 148 valence electrons. The van der Waals surface area contributed by atoms with E-state index in [4.69, 9.17) is 9.47 Å². The molecule has 0 aromatic carbocycles. The fourth-order valence-electron chi connectivity index (χ4n) is 2.61. The highest BCUT2D eigenvalue weighted by Crippen LogP contribution is 2.23. The van der Waals surface area contributed by atoms with E-state index in [1.54, 1.807) is 0 Å². The summed E-state index contributed by atoms with van der Waals surface area (Å²) in [5.41, 5.74) is -0.150. The van der Waals surface area contributed by atoms with Crippen LogP contribution in [-0.4, -0.2) is 49.8 Å². The highest BCUT2D eigenvalue weighted by molar-refractivity contribution is 6.37. The van der Waals surface area contributed by atoms with E-state index in [1.807, 2.05) is 34.6 Å². The summed E-state index contributed by atoms with van der Waals surface area (Å²) in [5.74, 6) is -3.41. The van der Waals surface area contributed by atoms with E-state index in [2.05, 4.69) is 5.32 Å². The fourth-order valence-corrected chi connectivity index (χ4v) is 2.61. The maximum atomic E-state index is 12.7. The first-order chi connectivity index (χ1) is 12.0. The number of esters is 1. The van der Waals surface area contributed by atoms with Crippen molar-refractivity contribution in [2.24, 2.45) is 23.2 Å². The lowest BCUT2D eigenvalue weighted by Gasteiger charge is -2.24. The number of rotatable bonds is 7. The van der Waals surface area contributed by atoms with Crippen molar-refractivity contribution < 1.29 is 28.7 Å². The maximum absolute atomic E-state index is 12.7. The van der Waals surface area contributed by atoms with Crippen LogP contribution in [-0.2, 0) is 28.7 Å². The number of hydrogen-bond donors (Lipinski definition) is 1. The minimum Gasteiger partial charge on any atom is -0.465 e. The summed E-state index contributed by atoms with van der Waals surface area (Å²) >= 11 is 0. The van der Waals surface area contributed by atoms with Gasteiger partial charge in [-0.25, -0.2) is 0 Å². The Kier molecular flexibility index (Phi) is 8.40. The van der Waals surface area contributed by atoms with Crippen LogP contribution in [0, 0.1) is 23.2 Å². The summed E-state index contributed by atoms with van der Waals surface area (Å²) in [4.78, 5) is 48.6. The third-order valence-corrected chi connectivity index (χ3v) is 4.16. The number of hydrogen-bond acceptors (Lipinski definition) is 6. The van der Waals surface area contributed by atoms with Gasteiger partial charge in [-0.05, 0) is 11.3 Å². The second kappa shape index (κ2) is 9.80. The molecule has 0 saturated carbocycles. The summed E-state index contributed by atoms with van der Waals surface area (Å²) in [6.45, 7) is 10.5. The first kappa shape index (κ1) is 22.3. The standard InChI is InChI=1S/C19H31NO6/c1-12(2)14(9-16(22)26-11-19(3,4)5)15(21)8-13-10-25-7-6-20-18(24)17(13)23/h12-14H,6-11H2,1-5H3,(H,20,24). The third kappa shape index (κ3) is 7.64. The highest BCUT2D eigenvalue weighted by Gasteiger charge is 2.33. The van der Waals surface area contributed by atoms with Gasteiger partial charge in [0.1, 0.15) is 5.78 Å². The molecular weight excluding hydrogens is 338 g/mol. The number of ketones is 2. The number of carbonyl (C=O) groups excluding carboxylic acids is 4. The molecule has 1 fully saturated rings. The third-order valence-electron chi connectivity index (χ3n) is 4.16. The molecule has 0 bridgehead atoms. The van der Waals surface area contributed by atoms with E-state index in [1.165, 1.54) is 0 Å². The van der Waals surface area contributed by atoms with Crippen LogP contribution in [0.2, 0.25) is 0 Å². The normalized spacial score (nSPS) is 20.2. The van der Waals surface area contributed by atoms with Gasteiger partial charge >= 0.3 is 5.97 Å². The van der Waals surface area contributed by atoms with Gasteiger partial charge in [-0.2, -0.15) is 0 Å². The average molecular weight is 369 g/mol. The molecule has 1 amide bonds. The van der Waals surface area contributed by atoms with Crippen LogP contribution < -0.4 is 5.32 Å². The van der Waals surface area contributed by atoms with Crippen LogP contribution in [0.15, 0.2) is 0 Å². The minimum absolute atomic E-state index is 0.0272. The fraction of sp³-hybridized carbons (Fsp3) is 0.789. The van der Waals surface area contributed by atoms with Crippen molar-refractivity contribution in [3.8, 4) is 0 Å². The molecule has 26 heavy (non-hydrogen) atoms. The zero-order valence-electron chi connectivity index (χ0n) is 16.4. The second-order valence-electron chi connectivity index (χ2n) is 8.34. The van der Waals surface area contributed by atoms with Crippen molar-refractivity contribution >= 4 is 23.4 Å². The quantitative estimate of drug-likeness (QED) is 0.540. The van der Waals surface area contributed by atoms with Crippen LogP contribution >= 0.6 is 0 Å². The molecule has 2 unspecified atom stereocenters. The van der Waals surface area contributed by atoms with Crippen molar-refractivity contribution in [3.63, 3.8) is 0 Å².